The summed E-state index contributed by atoms with van der Waals surface area (Å²) in [5, 5.41) is 13.4. The van der Waals surface area contributed by atoms with Crippen molar-refractivity contribution in [2.24, 2.45) is 0 Å². The van der Waals surface area contributed by atoms with Crippen LogP contribution in [0, 0.1) is 5.82 Å². The molecular formula is C16H17FN2O4. The van der Waals surface area contributed by atoms with Gasteiger partial charge in [-0.3, -0.25) is 9.59 Å². The van der Waals surface area contributed by atoms with Gasteiger partial charge in [-0.25, -0.2) is 4.39 Å². The zero-order valence-electron chi connectivity index (χ0n) is 12.5. The van der Waals surface area contributed by atoms with Crippen molar-refractivity contribution in [3.8, 4) is 0 Å². The zero-order chi connectivity index (χ0) is 16.4. The van der Waals surface area contributed by atoms with Crippen LogP contribution in [0.15, 0.2) is 22.7 Å². The van der Waals surface area contributed by atoms with Gasteiger partial charge in [0.05, 0.1) is 12.1 Å². The van der Waals surface area contributed by atoms with E-state index in [0.717, 1.165) is 5.69 Å². The summed E-state index contributed by atoms with van der Waals surface area (Å²) < 4.78 is 18.6. The van der Waals surface area contributed by atoms with Gasteiger partial charge in [-0.2, -0.15) is 0 Å². The van der Waals surface area contributed by atoms with Crippen molar-refractivity contribution >= 4 is 22.8 Å². The third-order valence-corrected chi connectivity index (χ3v) is 4.25. The molecule has 0 radical (unpaired) electrons. The fourth-order valence-electron chi connectivity index (χ4n) is 3.00. The fourth-order valence-corrected chi connectivity index (χ4v) is 3.00. The van der Waals surface area contributed by atoms with Crippen molar-refractivity contribution in [3.05, 3.63) is 29.7 Å². The molecule has 2 heterocycles. The average Bonchev–Trinajstić information content (AvgIpc) is 2.95. The van der Waals surface area contributed by atoms with E-state index in [1.807, 2.05) is 0 Å². The van der Waals surface area contributed by atoms with Gasteiger partial charge in [0, 0.05) is 30.8 Å². The fraction of sp³-hybridized carbons (Fsp3) is 0.438. The number of halogens is 1. The third kappa shape index (κ3) is 3.33. The standard InChI is InChI=1S/C16H17FN2O4/c17-11-1-2-13-12(9-11)16(18-23-13)10-5-7-19(8-6-10)14(20)3-4-15(21)22/h1-2,9-10H,3-8H2,(H,21,22). The largest absolute Gasteiger partial charge is 0.481 e. The van der Waals surface area contributed by atoms with E-state index in [9.17, 15) is 14.0 Å². The third-order valence-electron chi connectivity index (χ3n) is 4.25. The van der Waals surface area contributed by atoms with Crippen LogP contribution in [0.5, 0.6) is 0 Å². The Bertz CT molecular complexity index is 735. The van der Waals surface area contributed by atoms with Crippen LogP contribution in [0.4, 0.5) is 4.39 Å². The van der Waals surface area contributed by atoms with Crippen LogP contribution in [-0.2, 0) is 9.59 Å². The minimum absolute atomic E-state index is 0.0259. The second-order valence-corrected chi connectivity index (χ2v) is 5.76. The second-order valence-electron chi connectivity index (χ2n) is 5.76. The number of carbonyl (C=O) groups is 2. The minimum Gasteiger partial charge on any atom is -0.481 e. The van der Waals surface area contributed by atoms with E-state index in [4.69, 9.17) is 9.63 Å². The molecule has 1 saturated heterocycles. The number of nitrogens with zero attached hydrogens (tertiary/aromatic N) is 2. The van der Waals surface area contributed by atoms with Gasteiger partial charge in [0.2, 0.25) is 5.91 Å². The van der Waals surface area contributed by atoms with Crippen LogP contribution in [0.3, 0.4) is 0 Å². The van der Waals surface area contributed by atoms with Gasteiger partial charge in [-0.15, -0.1) is 0 Å². The Hall–Kier alpha value is -2.44. The molecule has 2 aromatic rings. The molecular weight excluding hydrogens is 303 g/mol. The van der Waals surface area contributed by atoms with Crippen LogP contribution in [0.2, 0.25) is 0 Å². The molecule has 7 heteroatoms. The molecule has 0 spiro atoms. The van der Waals surface area contributed by atoms with Gasteiger partial charge in [0.1, 0.15) is 5.82 Å². The molecule has 1 amide bonds. The molecule has 1 fully saturated rings. The highest BCUT2D eigenvalue weighted by molar-refractivity contribution is 5.81. The van der Waals surface area contributed by atoms with E-state index in [1.54, 1.807) is 11.0 Å². The predicted molar refractivity (Wildman–Crippen MR) is 79.4 cm³/mol. The smallest absolute Gasteiger partial charge is 0.303 e. The Balaban J connectivity index is 1.65. The first-order chi connectivity index (χ1) is 11.0. The molecule has 0 atom stereocenters. The number of piperidine rings is 1. The van der Waals surface area contributed by atoms with Crippen molar-refractivity contribution in [3.63, 3.8) is 0 Å². The number of fused-ring (bicyclic) bond motifs is 1. The molecule has 0 bridgehead atoms. The monoisotopic (exact) mass is 320 g/mol. The SMILES string of the molecule is O=C(O)CCC(=O)N1CCC(c2noc3ccc(F)cc23)CC1. The summed E-state index contributed by atoms with van der Waals surface area (Å²) in [5.41, 5.74) is 1.29. The Kier molecular flexibility index (Phi) is 4.27. The molecule has 1 aromatic heterocycles. The van der Waals surface area contributed by atoms with Crippen molar-refractivity contribution in [2.75, 3.05) is 13.1 Å². The number of carboxylic acid groups (broad SMARTS) is 1. The van der Waals surface area contributed by atoms with Gasteiger partial charge < -0.3 is 14.5 Å². The molecule has 0 aliphatic carbocycles. The van der Waals surface area contributed by atoms with Crippen LogP contribution in [0.25, 0.3) is 11.0 Å². The highest BCUT2D eigenvalue weighted by atomic mass is 19.1. The minimum atomic E-state index is -0.968. The Labute approximate surface area is 131 Å². The van der Waals surface area contributed by atoms with Crippen molar-refractivity contribution in [1.82, 2.24) is 10.1 Å². The Morgan fingerprint density at radius 3 is 2.74 bits per heavy atom. The van der Waals surface area contributed by atoms with Crippen LogP contribution >= 0.6 is 0 Å². The van der Waals surface area contributed by atoms with E-state index >= 15 is 0 Å². The van der Waals surface area contributed by atoms with E-state index in [1.165, 1.54) is 12.1 Å². The van der Waals surface area contributed by atoms with E-state index in [2.05, 4.69) is 5.16 Å². The number of rotatable bonds is 4. The Morgan fingerprint density at radius 2 is 2.04 bits per heavy atom. The number of likely N-dealkylation sites (tertiary alicyclic amines) is 1. The molecule has 6 nitrogen and oxygen atoms in total. The highest BCUT2D eigenvalue weighted by Crippen LogP contribution is 2.33. The van der Waals surface area contributed by atoms with E-state index in [0.29, 0.717) is 36.9 Å². The van der Waals surface area contributed by atoms with Gasteiger partial charge in [-0.05, 0) is 31.0 Å². The number of benzene rings is 1. The lowest BCUT2D eigenvalue weighted by Gasteiger charge is -2.31. The summed E-state index contributed by atoms with van der Waals surface area (Å²) in [7, 11) is 0. The molecule has 23 heavy (non-hydrogen) atoms. The number of hydrogen-bond donors (Lipinski definition) is 1. The average molecular weight is 320 g/mol. The number of carboxylic acids is 1. The first-order valence-corrected chi connectivity index (χ1v) is 7.59. The maximum Gasteiger partial charge on any atom is 0.303 e. The summed E-state index contributed by atoms with van der Waals surface area (Å²) in [6, 6.07) is 4.32. The maximum absolute atomic E-state index is 13.4. The number of hydrogen-bond acceptors (Lipinski definition) is 4. The molecule has 0 unspecified atom stereocenters. The van der Waals surface area contributed by atoms with Gasteiger partial charge in [0.25, 0.3) is 0 Å². The summed E-state index contributed by atoms with van der Waals surface area (Å²) in [6.45, 7) is 1.10. The lowest BCUT2D eigenvalue weighted by molar-refractivity contribution is -0.141. The number of aromatic nitrogens is 1. The van der Waals surface area contributed by atoms with Gasteiger partial charge in [0.15, 0.2) is 5.58 Å². The van der Waals surface area contributed by atoms with E-state index in [-0.39, 0.29) is 30.5 Å². The molecule has 1 N–H and O–H groups in total. The van der Waals surface area contributed by atoms with Crippen LogP contribution < -0.4 is 0 Å². The first-order valence-electron chi connectivity index (χ1n) is 7.59. The topological polar surface area (TPSA) is 83.6 Å². The zero-order valence-corrected chi connectivity index (χ0v) is 12.5. The summed E-state index contributed by atoms with van der Waals surface area (Å²) in [4.78, 5) is 24.1. The molecule has 1 aliphatic heterocycles. The number of aliphatic carboxylic acids is 1. The number of carbonyl (C=O) groups excluding carboxylic acids is 1. The highest BCUT2D eigenvalue weighted by Gasteiger charge is 2.27. The van der Waals surface area contributed by atoms with Gasteiger partial charge in [-0.1, -0.05) is 5.16 Å². The lowest BCUT2D eigenvalue weighted by atomic mass is 9.91. The van der Waals surface area contributed by atoms with E-state index < -0.39 is 5.97 Å². The summed E-state index contributed by atoms with van der Waals surface area (Å²) in [6.07, 6.45) is 1.29. The molecule has 122 valence electrons. The first kappa shape index (κ1) is 15.5. The molecule has 3 rings (SSSR count). The molecule has 1 aliphatic rings. The van der Waals surface area contributed by atoms with Crippen LogP contribution in [0.1, 0.15) is 37.3 Å². The van der Waals surface area contributed by atoms with Crippen molar-refractivity contribution < 1.29 is 23.6 Å². The molecule has 1 aromatic carbocycles. The second kappa shape index (κ2) is 6.36. The summed E-state index contributed by atoms with van der Waals surface area (Å²) >= 11 is 0. The Morgan fingerprint density at radius 1 is 1.30 bits per heavy atom. The quantitative estimate of drug-likeness (QED) is 0.936. The van der Waals surface area contributed by atoms with Crippen molar-refractivity contribution in [2.45, 2.75) is 31.6 Å². The summed E-state index contributed by atoms with van der Waals surface area (Å²) in [5.74, 6) is -1.32. The van der Waals surface area contributed by atoms with Crippen molar-refractivity contribution in [1.29, 1.82) is 0 Å². The number of amides is 1. The maximum atomic E-state index is 13.4. The molecule has 0 saturated carbocycles. The normalized spacial score (nSPS) is 16.0. The van der Waals surface area contributed by atoms with Crippen LogP contribution in [-0.4, -0.2) is 40.1 Å². The lowest BCUT2D eigenvalue weighted by Crippen LogP contribution is -2.38. The predicted octanol–water partition coefficient (Wildman–Crippen LogP) is 2.54. The van der Waals surface area contributed by atoms with Gasteiger partial charge >= 0.3 is 5.97 Å².